The van der Waals surface area contributed by atoms with Gasteiger partial charge in [-0.3, -0.25) is 4.79 Å². The van der Waals surface area contributed by atoms with Crippen molar-refractivity contribution < 1.29 is 9.18 Å². The summed E-state index contributed by atoms with van der Waals surface area (Å²) in [6, 6.07) is 15.5. The average molecular weight is 364 g/mol. The van der Waals surface area contributed by atoms with Crippen LogP contribution < -0.4 is 10.6 Å². The molecule has 0 unspecified atom stereocenters. The number of carbonyl (C=O) groups excluding carboxylic acids is 1. The first-order valence-corrected chi connectivity index (χ1v) is 8.78. The Kier molecular flexibility index (Phi) is 5.76. The summed E-state index contributed by atoms with van der Waals surface area (Å²) in [5.74, 6) is -0.237. The lowest BCUT2D eigenvalue weighted by molar-refractivity contribution is 0.0945. The van der Waals surface area contributed by atoms with Crippen LogP contribution in [0.5, 0.6) is 0 Å². The van der Waals surface area contributed by atoms with Crippen LogP contribution in [0.15, 0.2) is 54.6 Å². The maximum absolute atomic E-state index is 13.0. The molecule has 0 bridgehead atoms. The molecule has 0 aliphatic heterocycles. The molecule has 0 saturated carbocycles. The topological polar surface area (TPSA) is 66.9 Å². The molecule has 1 amide bonds. The molecule has 27 heavy (non-hydrogen) atoms. The number of hydrogen-bond acceptors (Lipinski definition) is 4. The van der Waals surface area contributed by atoms with E-state index in [1.807, 2.05) is 31.2 Å². The van der Waals surface area contributed by atoms with Gasteiger partial charge in [-0.2, -0.15) is 0 Å². The summed E-state index contributed by atoms with van der Waals surface area (Å²) in [6.07, 6.45) is 0.875. The molecule has 0 aliphatic carbocycles. The number of aryl methyl sites for hydroxylation is 2. The molecule has 5 nitrogen and oxygen atoms in total. The zero-order valence-corrected chi connectivity index (χ0v) is 15.3. The molecule has 2 N–H and O–H groups in total. The van der Waals surface area contributed by atoms with Gasteiger partial charge in [0.05, 0.1) is 0 Å². The van der Waals surface area contributed by atoms with E-state index in [9.17, 15) is 9.18 Å². The monoisotopic (exact) mass is 364 g/mol. The lowest BCUT2D eigenvalue weighted by Crippen LogP contribution is -2.24. The van der Waals surface area contributed by atoms with Crippen LogP contribution in [-0.2, 0) is 13.0 Å². The van der Waals surface area contributed by atoms with Crippen LogP contribution in [0.2, 0.25) is 0 Å². The number of aromatic nitrogens is 2. The maximum atomic E-state index is 13.0. The van der Waals surface area contributed by atoms with Gasteiger partial charge in [0.25, 0.3) is 5.91 Å². The van der Waals surface area contributed by atoms with E-state index in [1.165, 1.54) is 12.1 Å². The Morgan fingerprint density at radius 3 is 2.56 bits per heavy atom. The zero-order chi connectivity index (χ0) is 19.2. The molecule has 0 aliphatic rings. The molecule has 0 atom stereocenters. The minimum Gasteiger partial charge on any atom is -0.347 e. The lowest BCUT2D eigenvalue weighted by Gasteiger charge is -2.11. The van der Waals surface area contributed by atoms with Crippen molar-refractivity contribution in [2.75, 3.05) is 5.32 Å². The van der Waals surface area contributed by atoms with Gasteiger partial charge in [-0.05, 0) is 48.7 Å². The second kappa shape index (κ2) is 8.40. The summed E-state index contributed by atoms with van der Waals surface area (Å²) >= 11 is 0. The van der Waals surface area contributed by atoms with Crippen LogP contribution in [0.4, 0.5) is 16.0 Å². The molecule has 0 fully saturated rings. The number of anilines is 2. The number of hydrogen-bond donors (Lipinski definition) is 2. The van der Waals surface area contributed by atoms with Crippen molar-refractivity contribution in [1.29, 1.82) is 0 Å². The predicted octanol–water partition coefficient (Wildman–Crippen LogP) is 4.16. The molecule has 1 heterocycles. The van der Waals surface area contributed by atoms with Gasteiger partial charge >= 0.3 is 0 Å². The third kappa shape index (κ3) is 4.88. The van der Waals surface area contributed by atoms with E-state index in [1.54, 1.807) is 18.2 Å². The van der Waals surface area contributed by atoms with Crippen LogP contribution in [0.3, 0.4) is 0 Å². The molecule has 3 aromatic rings. The van der Waals surface area contributed by atoms with E-state index >= 15 is 0 Å². The van der Waals surface area contributed by atoms with Gasteiger partial charge in [-0.25, -0.2) is 14.4 Å². The Balaban J connectivity index is 1.74. The van der Waals surface area contributed by atoms with Crippen molar-refractivity contribution in [3.8, 4) is 0 Å². The second-order valence-electron chi connectivity index (χ2n) is 6.16. The fourth-order valence-corrected chi connectivity index (χ4v) is 2.69. The van der Waals surface area contributed by atoms with E-state index in [-0.39, 0.29) is 17.4 Å². The quantitative estimate of drug-likeness (QED) is 0.689. The average Bonchev–Trinajstić information content (AvgIpc) is 2.67. The van der Waals surface area contributed by atoms with Crippen molar-refractivity contribution >= 4 is 17.5 Å². The van der Waals surface area contributed by atoms with E-state index in [4.69, 9.17) is 0 Å². The number of nitrogens with zero attached hydrogens (tertiary/aromatic N) is 2. The summed E-state index contributed by atoms with van der Waals surface area (Å²) in [5, 5.41) is 5.99. The highest BCUT2D eigenvalue weighted by atomic mass is 19.1. The molecule has 1 aromatic heterocycles. The molecule has 0 spiro atoms. The van der Waals surface area contributed by atoms with Crippen LogP contribution in [0, 0.1) is 12.7 Å². The number of amides is 1. The normalized spacial score (nSPS) is 10.5. The Morgan fingerprint density at radius 1 is 1.07 bits per heavy atom. The smallest absolute Gasteiger partial charge is 0.270 e. The number of nitrogens with one attached hydrogen (secondary N) is 2. The largest absolute Gasteiger partial charge is 0.347 e. The second-order valence-corrected chi connectivity index (χ2v) is 6.16. The number of para-hydroxylation sites is 1. The molecular weight excluding hydrogens is 343 g/mol. The molecule has 0 radical (unpaired) electrons. The third-order valence-corrected chi connectivity index (χ3v) is 4.10. The zero-order valence-electron chi connectivity index (χ0n) is 15.3. The Labute approximate surface area is 157 Å². The van der Waals surface area contributed by atoms with Gasteiger partial charge < -0.3 is 10.6 Å². The molecule has 3 rings (SSSR count). The van der Waals surface area contributed by atoms with Crippen molar-refractivity contribution in [3.05, 3.63) is 82.9 Å². The summed E-state index contributed by atoms with van der Waals surface area (Å²) in [7, 11) is 0. The number of halogens is 1. The fraction of sp³-hybridized carbons (Fsp3) is 0.190. The number of carbonyl (C=O) groups is 1. The molecule has 0 saturated heterocycles. The Hall–Kier alpha value is -3.28. The van der Waals surface area contributed by atoms with E-state index in [0.29, 0.717) is 18.2 Å². The van der Waals surface area contributed by atoms with Crippen molar-refractivity contribution in [2.45, 2.75) is 26.8 Å². The van der Waals surface area contributed by atoms with Gasteiger partial charge in [0, 0.05) is 17.9 Å². The standard InChI is InChI=1S/C21H21FN4O/c1-3-16-6-4-5-7-18(16)25-21-24-14(2)12-19(26-21)20(27)23-13-15-8-10-17(22)11-9-15/h4-12H,3,13H2,1-2H3,(H,23,27)(H,24,25,26). The van der Waals surface area contributed by atoms with E-state index < -0.39 is 0 Å². The van der Waals surface area contributed by atoms with Crippen molar-refractivity contribution in [3.63, 3.8) is 0 Å². The van der Waals surface area contributed by atoms with Crippen LogP contribution in [0.25, 0.3) is 0 Å². The first-order valence-electron chi connectivity index (χ1n) is 8.78. The van der Waals surface area contributed by atoms with Gasteiger partial charge in [0.1, 0.15) is 11.5 Å². The van der Waals surface area contributed by atoms with Gasteiger partial charge in [-0.1, -0.05) is 37.3 Å². The van der Waals surface area contributed by atoms with Crippen molar-refractivity contribution in [1.82, 2.24) is 15.3 Å². The highest BCUT2D eigenvalue weighted by molar-refractivity contribution is 5.92. The third-order valence-electron chi connectivity index (χ3n) is 4.10. The number of rotatable bonds is 6. The highest BCUT2D eigenvalue weighted by Crippen LogP contribution is 2.19. The number of benzene rings is 2. The predicted molar refractivity (Wildman–Crippen MR) is 103 cm³/mol. The van der Waals surface area contributed by atoms with Crippen LogP contribution in [-0.4, -0.2) is 15.9 Å². The SMILES string of the molecule is CCc1ccccc1Nc1nc(C)cc(C(=O)NCc2ccc(F)cc2)n1. The first-order chi connectivity index (χ1) is 13.0. The summed E-state index contributed by atoms with van der Waals surface area (Å²) in [5.41, 5.74) is 3.84. The molecule has 6 heteroatoms. The van der Waals surface area contributed by atoms with E-state index in [2.05, 4.69) is 27.5 Å². The Morgan fingerprint density at radius 2 is 1.81 bits per heavy atom. The lowest BCUT2D eigenvalue weighted by atomic mass is 10.1. The van der Waals surface area contributed by atoms with Crippen LogP contribution >= 0.6 is 0 Å². The van der Waals surface area contributed by atoms with Gasteiger partial charge in [0.15, 0.2) is 0 Å². The van der Waals surface area contributed by atoms with E-state index in [0.717, 1.165) is 23.2 Å². The summed E-state index contributed by atoms with van der Waals surface area (Å²) in [4.78, 5) is 21.2. The summed E-state index contributed by atoms with van der Waals surface area (Å²) < 4.78 is 13.0. The molecule has 138 valence electrons. The van der Waals surface area contributed by atoms with Gasteiger partial charge in [-0.15, -0.1) is 0 Å². The first kappa shape index (κ1) is 18.5. The van der Waals surface area contributed by atoms with Crippen molar-refractivity contribution in [2.24, 2.45) is 0 Å². The van der Waals surface area contributed by atoms with Gasteiger partial charge in [0.2, 0.25) is 5.95 Å². The minimum atomic E-state index is -0.309. The fourth-order valence-electron chi connectivity index (χ4n) is 2.69. The minimum absolute atomic E-state index is 0.279. The molecule has 2 aromatic carbocycles. The molecular formula is C21H21FN4O. The highest BCUT2D eigenvalue weighted by Gasteiger charge is 2.11. The maximum Gasteiger partial charge on any atom is 0.270 e. The van der Waals surface area contributed by atoms with Crippen LogP contribution in [0.1, 0.15) is 34.2 Å². The summed E-state index contributed by atoms with van der Waals surface area (Å²) in [6.45, 7) is 4.19. The Bertz CT molecular complexity index is 941.